The number of nitrogens with zero attached hydrogens (tertiary/aromatic N) is 4. The number of thiazole rings is 1. The molecule has 3 aromatic heterocycles. The van der Waals surface area contributed by atoms with Crippen molar-refractivity contribution >= 4 is 21.6 Å². The van der Waals surface area contributed by atoms with E-state index in [1.54, 1.807) is 29.9 Å². The van der Waals surface area contributed by atoms with E-state index in [4.69, 9.17) is 4.74 Å². The minimum absolute atomic E-state index is 0.487. The van der Waals surface area contributed by atoms with E-state index in [9.17, 15) is 0 Å². The van der Waals surface area contributed by atoms with Crippen LogP contribution in [0.5, 0.6) is 6.01 Å². The lowest BCUT2D eigenvalue weighted by molar-refractivity contribution is 0.196. The van der Waals surface area contributed by atoms with E-state index in [1.807, 2.05) is 12.1 Å². The smallest absolute Gasteiger partial charge is 0.316 e. The third kappa shape index (κ3) is 3.70. The molecular formula is C18H20N4OS. The molecule has 1 fully saturated rings. The summed E-state index contributed by atoms with van der Waals surface area (Å²) in [5, 5.41) is 1.04. The van der Waals surface area contributed by atoms with Gasteiger partial charge in [0.2, 0.25) is 0 Å². The van der Waals surface area contributed by atoms with Crippen molar-refractivity contribution in [3.05, 3.63) is 41.4 Å². The van der Waals surface area contributed by atoms with Crippen molar-refractivity contribution in [2.24, 2.45) is 5.92 Å². The number of aromatic nitrogens is 4. The first-order chi connectivity index (χ1) is 11.9. The van der Waals surface area contributed by atoms with Crippen LogP contribution < -0.4 is 4.74 Å². The molecule has 0 N–H and O–H groups in total. The summed E-state index contributed by atoms with van der Waals surface area (Å²) >= 11 is 1.68. The largest absolute Gasteiger partial charge is 0.463 e. The second kappa shape index (κ2) is 7.21. The van der Waals surface area contributed by atoms with Crippen LogP contribution in [-0.4, -0.2) is 26.5 Å². The van der Waals surface area contributed by atoms with Crippen molar-refractivity contribution in [2.75, 3.05) is 6.61 Å². The number of rotatable bonds is 5. The first-order valence-electron chi connectivity index (χ1n) is 8.51. The van der Waals surface area contributed by atoms with Crippen molar-refractivity contribution in [3.8, 4) is 6.01 Å². The normalized spacial score (nSPS) is 15.7. The minimum Gasteiger partial charge on any atom is -0.463 e. The molecule has 0 bridgehead atoms. The van der Waals surface area contributed by atoms with E-state index < -0.39 is 0 Å². The number of pyridine rings is 1. The standard InChI is InChI=1S/C18H20N4OS/c1-2-4-13(5-3-1)12-23-18-20-9-6-14(21-18)10-17-22-15-11-19-8-7-16(15)24-17/h6-9,11,13H,1-5,10,12H2. The molecule has 124 valence electrons. The molecule has 0 atom stereocenters. The van der Waals surface area contributed by atoms with Crippen LogP contribution in [0.3, 0.4) is 0 Å². The fraction of sp³-hybridized carbons (Fsp3) is 0.444. The Balaban J connectivity index is 1.42. The van der Waals surface area contributed by atoms with Crippen molar-refractivity contribution in [1.29, 1.82) is 0 Å². The van der Waals surface area contributed by atoms with Gasteiger partial charge in [0.05, 0.1) is 33.7 Å². The summed E-state index contributed by atoms with van der Waals surface area (Å²) < 4.78 is 6.99. The summed E-state index contributed by atoms with van der Waals surface area (Å²) in [6.45, 7) is 0.732. The fourth-order valence-electron chi connectivity index (χ4n) is 3.15. The fourth-order valence-corrected chi connectivity index (χ4v) is 4.10. The molecule has 0 aromatic carbocycles. The maximum Gasteiger partial charge on any atom is 0.316 e. The summed E-state index contributed by atoms with van der Waals surface area (Å²) in [5.41, 5.74) is 1.89. The molecule has 0 saturated heterocycles. The maximum atomic E-state index is 5.83. The summed E-state index contributed by atoms with van der Waals surface area (Å²) in [5.74, 6) is 0.655. The lowest BCUT2D eigenvalue weighted by Crippen LogP contribution is -2.16. The van der Waals surface area contributed by atoms with Crippen LogP contribution in [0, 0.1) is 5.92 Å². The van der Waals surface area contributed by atoms with E-state index in [0.29, 0.717) is 18.3 Å². The molecule has 3 aromatic rings. The Bertz CT molecular complexity index is 780. The summed E-state index contributed by atoms with van der Waals surface area (Å²) in [7, 11) is 0. The molecule has 1 aliphatic carbocycles. The predicted octanol–water partition coefficient (Wildman–Crippen LogP) is 4.03. The van der Waals surface area contributed by atoms with Crippen LogP contribution in [0.4, 0.5) is 0 Å². The molecule has 6 heteroatoms. The molecule has 0 spiro atoms. The Morgan fingerprint density at radius 1 is 1.08 bits per heavy atom. The highest BCUT2D eigenvalue weighted by molar-refractivity contribution is 7.18. The number of fused-ring (bicyclic) bond motifs is 1. The first-order valence-corrected chi connectivity index (χ1v) is 9.32. The highest BCUT2D eigenvalue weighted by Crippen LogP contribution is 2.25. The van der Waals surface area contributed by atoms with Crippen molar-refractivity contribution in [1.82, 2.24) is 19.9 Å². The number of hydrogen-bond acceptors (Lipinski definition) is 6. The van der Waals surface area contributed by atoms with Crippen molar-refractivity contribution < 1.29 is 4.74 Å². The Labute approximate surface area is 145 Å². The quantitative estimate of drug-likeness (QED) is 0.702. The summed E-state index contributed by atoms with van der Waals surface area (Å²) in [4.78, 5) is 17.5. The van der Waals surface area contributed by atoms with E-state index in [2.05, 4.69) is 19.9 Å². The van der Waals surface area contributed by atoms with Crippen molar-refractivity contribution in [3.63, 3.8) is 0 Å². The van der Waals surface area contributed by atoms with Gasteiger partial charge in [-0.25, -0.2) is 9.97 Å². The molecule has 3 heterocycles. The van der Waals surface area contributed by atoms with Gasteiger partial charge in [-0.05, 0) is 30.9 Å². The monoisotopic (exact) mass is 340 g/mol. The third-order valence-corrected chi connectivity index (χ3v) is 5.47. The second-order valence-electron chi connectivity index (χ2n) is 6.27. The Morgan fingerprint density at radius 3 is 2.88 bits per heavy atom. The molecule has 0 amide bonds. The molecule has 1 saturated carbocycles. The predicted molar refractivity (Wildman–Crippen MR) is 94.3 cm³/mol. The van der Waals surface area contributed by atoms with Crippen LogP contribution >= 0.6 is 11.3 Å². The zero-order valence-corrected chi connectivity index (χ0v) is 14.3. The SMILES string of the molecule is c1cc2sc(Cc3ccnc(OCC4CCCCC4)n3)nc2cn1. The van der Waals surface area contributed by atoms with Gasteiger partial charge in [-0.3, -0.25) is 4.98 Å². The minimum atomic E-state index is 0.487. The molecule has 1 aliphatic rings. The molecule has 24 heavy (non-hydrogen) atoms. The topological polar surface area (TPSA) is 60.8 Å². The van der Waals surface area contributed by atoms with Crippen molar-refractivity contribution in [2.45, 2.75) is 38.5 Å². The van der Waals surface area contributed by atoms with Gasteiger partial charge in [0.1, 0.15) is 0 Å². The molecule has 5 nitrogen and oxygen atoms in total. The Kier molecular flexibility index (Phi) is 4.64. The Hall–Kier alpha value is -2.08. The number of ether oxygens (including phenoxy) is 1. The molecule has 0 radical (unpaired) electrons. The molecule has 4 rings (SSSR count). The third-order valence-electron chi connectivity index (χ3n) is 4.43. The summed E-state index contributed by atoms with van der Waals surface area (Å²) in [6, 6.07) is 4.41. The van der Waals surface area contributed by atoms with Crippen LogP contribution in [0.1, 0.15) is 42.8 Å². The lowest BCUT2D eigenvalue weighted by atomic mass is 9.90. The average molecular weight is 340 g/mol. The summed E-state index contributed by atoms with van der Waals surface area (Å²) in [6.07, 6.45) is 12.6. The number of hydrogen-bond donors (Lipinski definition) is 0. The van der Waals surface area contributed by atoms with Crippen LogP contribution in [0.2, 0.25) is 0 Å². The van der Waals surface area contributed by atoms with Gasteiger partial charge in [0.25, 0.3) is 0 Å². The van der Waals surface area contributed by atoms with E-state index >= 15 is 0 Å². The van der Waals surface area contributed by atoms with Gasteiger partial charge >= 0.3 is 6.01 Å². The van der Waals surface area contributed by atoms with Crippen LogP contribution in [-0.2, 0) is 6.42 Å². The highest BCUT2D eigenvalue weighted by Gasteiger charge is 2.15. The van der Waals surface area contributed by atoms with Gasteiger partial charge in [-0.2, -0.15) is 4.98 Å². The van der Waals surface area contributed by atoms with E-state index in [0.717, 1.165) is 27.5 Å². The van der Waals surface area contributed by atoms with Gasteiger partial charge in [0.15, 0.2) is 0 Å². The van der Waals surface area contributed by atoms with E-state index in [1.165, 1.54) is 32.1 Å². The van der Waals surface area contributed by atoms with Gasteiger partial charge in [-0.1, -0.05) is 19.3 Å². The van der Waals surface area contributed by atoms with Gasteiger partial charge in [0, 0.05) is 18.8 Å². The average Bonchev–Trinajstić information content (AvgIpc) is 3.03. The second-order valence-corrected chi connectivity index (χ2v) is 7.39. The van der Waals surface area contributed by atoms with Gasteiger partial charge in [-0.15, -0.1) is 11.3 Å². The highest BCUT2D eigenvalue weighted by atomic mass is 32.1. The zero-order chi connectivity index (χ0) is 16.2. The van der Waals surface area contributed by atoms with Crippen LogP contribution in [0.15, 0.2) is 30.7 Å². The Morgan fingerprint density at radius 2 is 2.00 bits per heavy atom. The van der Waals surface area contributed by atoms with Gasteiger partial charge < -0.3 is 4.74 Å². The molecule has 0 unspecified atom stereocenters. The maximum absolute atomic E-state index is 5.83. The van der Waals surface area contributed by atoms with Crippen LogP contribution in [0.25, 0.3) is 10.2 Å². The molecular weight excluding hydrogens is 320 g/mol. The molecule has 0 aliphatic heterocycles. The first kappa shape index (κ1) is 15.4. The van der Waals surface area contributed by atoms with E-state index in [-0.39, 0.29) is 0 Å². The zero-order valence-electron chi connectivity index (χ0n) is 13.5. The lowest BCUT2D eigenvalue weighted by Gasteiger charge is -2.20.